The number of H-pyrrole nitrogens is 1. The number of carbonyl (C=O) groups excluding carboxylic acids is 1. The van der Waals surface area contributed by atoms with Gasteiger partial charge in [0, 0.05) is 32.0 Å². The number of hydrogen-bond donors (Lipinski definition) is 2. The molecular weight excluding hydrogens is 382 g/mol. The monoisotopic (exact) mass is 399 g/mol. The number of benzene rings is 1. The SMILES string of the molecule is C=CCn1c(O)c(C2=NN(C(C)=O)[C@@H](c3cccc([N+](=O)[O-])c3)C2)c(=O)[nH]c1=O. The standard InChI is InChI=1S/C18H17N5O6/c1-3-7-21-17(26)15(16(25)19-18(21)27)13-9-14(22(20-13)10(2)24)11-5-4-6-12(8-11)23(28)29/h3-6,8,14,26H,1,7,9H2,2H3,(H,19,25,27)/t14-/m1/s1. The van der Waals surface area contributed by atoms with Gasteiger partial charge in [0.1, 0.15) is 5.56 Å². The van der Waals surface area contributed by atoms with Crippen molar-refractivity contribution in [1.29, 1.82) is 0 Å². The summed E-state index contributed by atoms with van der Waals surface area (Å²) in [4.78, 5) is 48.9. The van der Waals surface area contributed by atoms with Crippen molar-refractivity contribution in [2.45, 2.75) is 25.9 Å². The van der Waals surface area contributed by atoms with Crippen LogP contribution in [0.25, 0.3) is 0 Å². The first-order valence-corrected chi connectivity index (χ1v) is 8.53. The molecule has 0 saturated heterocycles. The van der Waals surface area contributed by atoms with Crippen molar-refractivity contribution in [1.82, 2.24) is 14.6 Å². The Morgan fingerprint density at radius 3 is 2.83 bits per heavy atom. The lowest BCUT2D eigenvalue weighted by Crippen LogP contribution is -2.33. The normalized spacial score (nSPS) is 15.8. The molecule has 0 aliphatic carbocycles. The molecule has 0 radical (unpaired) electrons. The first-order valence-electron chi connectivity index (χ1n) is 8.53. The highest BCUT2D eigenvalue weighted by Gasteiger charge is 2.34. The topological polar surface area (TPSA) is 151 Å². The molecule has 1 aromatic heterocycles. The zero-order valence-corrected chi connectivity index (χ0v) is 15.4. The molecule has 0 unspecified atom stereocenters. The minimum Gasteiger partial charge on any atom is -0.494 e. The second-order valence-corrected chi connectivity index (χ2v) is 6.34. The molecule has 0 spiro atoms. The predicted octanol–water partition coefficient (Wildman–Crippen LogP) is 1.03. The highest BCUT2D eigenvalue weighted by atomic mass is 16.6. The molecule has 0 saturated carbocycles. The molecule has 1 aliphatic heterocycles. The first kappa shape index (κ1) is 19.7. The van der Waals surface area contributed by atoms with E-state index in [-0.39, 0.29) is 29.9 Å². The second-order valence-electron chi connectivity index (χ2n) is 6.34. The second kappa shape index (κ2) is 7.54. The van der Waals surface area contributed by atoms with Gasteiger partial charge in [-0.3, -0.25) is 29.3 Å². The molecule has 150 valence electrons. The lowest BCUT2D eigenvalue weighted by atomic mass is 9.98. The van der Waals surface area contributed by atoms with E-state index in [0.29, 0.717) is 5.56 Å². The molecule has 2 N–H and O–H groups in total. The Kier molecular flexibility index (Phi) is 5.13. The Morgan fingerprint density at radius 2 is 2.21 bits per heavy atom. The Hall–Kier alpha value is -4.02. The third-order valence-electron chi connectivity index (χ3n) is 4.47. The lowest BCUT2D eigenvalue weighted by molar-refractivity contribution is -0.384. The number of amides is 1. The van der Waals surface area contributed by atoms with E-state index in [9.17, 15) is 29.6 Å². The van der Waals surface area contributed by atoms with Gasteiger partial charge in [-0.15, -0.1) is 6.58 Å². The maximum absolute atomic E-state index is 12.3. The minimum absolute atomic E-state index is 0.0175. The summed E-state index contributed by atoms with van der Waals surface area (Å²) in [6.07, 6.45) is 1.39. The molecule has 3 rings (SSSR count). The van der Waals surface area contributed by atoms with Crippen LogP contribution in [-0.4, -0.2) is 36.2 Å². The molecule has 2 heterocycles. The molecule has 0 bridgehead atoms. The number of carbonyl (C=O) groups is 1. The summed E-state index contributed by atoms with van der Waals surface area (Å²) in [6.45, 7) is 4.71. The van der Waals surface area contributed by atoms with Gasteiger partial charge in [-0.1, -0.05) is 18.2 Å². The fourth-order valence-corrected chi connectivity index (χ4v) is 3.18. The maximum atomic E-state index is 12.3. The van der Waals surface area contributed by atoms with E-state index in [1.807, 2.05) is 0 Å². The highest BCUT2D eigenvalue weighted by molar-refractivity contribution is 6.04. The van der Waals surface area contributed by atoms with Crippen molar-refractivity contribution >= 4 is 17.3 Å². The minimum atomic E-state index is -0.852. The molecule has 11 heteroatoms. The number of hydrazone groups is 1. The van der Waals surface area contributed by atoms with Crippen molar-refractivity contribution in [2.75, 3.05) is 0 Å². The zero-order chi connectivity index (χ0) is 21.3. The Labute approximate surface area is 163 Å². The van der Waals surface area contributed by atoms with Gasteiger partial charge in [0.25, 0.3) is 11.2 Å². The number of hydrogen-bond acceptors (Lipinski definition) is 7. The molecule has 1 aromatic carbocycles. The van der Waals surface area contributed by atoms with Crippen LogP contribution in [-0.2, 0) is 11.3 Å². The molecule has 1 aliphatic rings. The summed E-state index contributed by atoms with van der Waals surface area (Å²) < 4.78 is 0.908. The van der Waals surface area contributed by atoms with Gasteiger partial charge >= 0.3 is 5.69 Å². The fraction of sp³-hybridized carbons (Fsp3) is 0.222. The first-order chi connectivity index (χ1) is 13.7. The van der Waals surface area contributed by atoms with Crippen LogP contribution in [0.2, 0.25) is 0 Å². The van der Waals surface area contributed by atoms with Crippen molar-refractivity contribution in [3.05, 3.63) is 79.0 Å². The number of rotatable bonds is 5. The number of nitrogens with zero attached hydrogens (tertiary/aromatic N) is 4. The summed E-state index contributed by atoms with van der Waals surface area (Å²) >= 11 is 0. The third kappa shape index (κ3) is 3.57. The fourth-order valence-electron chi connectivity index (χ4n) is 3.18. The van der Waals surface area contributed by atoms with Gasteiger partial charge in [0.2, 0.25) is 11.8 Å². The van der Waals surface area contributed by atoms with E-state index >= 15 is 0 Å². The van der Waals surface area contributed by atoms with Gasteiger partial charge in [-0.2, -0.15) is 5.10 Å². The van der Waals surface area contributed by atoms with Crippen molar-refractivity contribution < 1.29 is 14.8 Å². The Balaban J connectivity index is 2.10. The number of aromatic nitrogens is 2. The van der Waals surface area contributed by atoms with Gasteiger partial charge in [0.15, 0.2) is 0 Å². The van der Waals surface area contributed by atoms with E-state index in [2.05, 4.69) is 16.7 Å². The number of allylic oxidation sites excluding steroid dienone is 1. The number of aromatic amines is 1. The Morgan fingerprint density at radius 1 is 1.48 bits per heavy atom. The average molecular weight is 399 g/mol. The summed E-state index contributed by atoms with van der Waals surface area (Å²) in [5, 5.41) is 26.8. The van der Waals surface area contributed by atoms with E-state index in [4.69, 9.17) is 0 Å². The van der Waals surface area contributed by atoms with Crippen LogP contribution in [0.1, 0.15) is 30.5 Å². The zero-order valence-electron chi connectivity index (χ0n) is 15.4. The molecule has 1 amide bonds. The molecule has 0 fully saturated rings. The predicted molar refractivity (Wildman–Crippen MR) is 103 cm³/mol. The van der Waals surface area contributed by atoms with E-state index in [1.165, 1.54) is 31.2 Å². The van der Waals surface area contributed by atoms with Crippen LogP contribution < -0.4 is 11.2 Å². The van der Waals surface area contributed by atoms with Gasteiger partial charge in [-0.25, -0.2) is 9.80 Å². The summed E-state index contributed by atoms with van der Waals surface area (Å²) in [5.74, 6) is -1.05. The van der Waals surface area contributed by atoms with Crippen molar-refractivity contribution in [3.8, 4) is 5.88 Å². The molecular formula is C18H17N5O6. The average Bonchev–Trinajstić information content (AvgIpc) is 3.10. The van der Waals surface area contributed by atoms with E-state index in [1.54, 1.807) is 6.07 Å². The van der Waals surface area contributed by atoms with Gasteiger partial charge < -0.3 is 5.11 Å². The summed E-state index contributed by atoms with van der Waals surface area (Å²) in [6, 6.07) is 5.02. The highest BCUT2D eigenvalue weighted by Crippen LogP contribution is 2.34. The van der Waals surface area contributed by atoms with Crippen molar-refractivity contribution in [2.24, 2.45) is 5.10 Å². The summed E-state index contributed by atoms with van der Waals surface area (Å²) in [7, 11) is 0. The van der Waals surface area contributed by atoms with Crippen LogP contribution in [0.4, 0.5) is 5.69 Å². The van der Waals surface area contributed by atoms with Crippen LogP contribution in [0.15, 0.2) is 51.6 Å². The van der Waals surface area contributed by atoms with Crippen LogP contribution in [0.5, 0.6) is 5.88 Å². The molecule has 29 heavy (non-hydrogen) atoms. The van der Waals surface area contributed by atoms with Gasteiger partial charge in [0.05, 0.1) is 16.7 Å². The van der Waals surface area contributed by atoms with E-state index in [0.717, 1.165) is 9.58 Å². The number of nitro groups is 1. The molecule has 2 aromatic rings. The quantitative estimate of drug-likeness (QED) is 0.435. The largest absolute Gasteiger partial charge is 0.494 e. The summed E-state index contributed by atoms with van der Waals surface area (Å²) in [5.41, 5.74) is -1.54. The smallest absolute Gasteiger partial charge is 0.331 e. The maximum Gasteiger partial charge on any atom is 0.331 e. The number of nitro benzene ring substituents is 1. The number of non-ortho nitro benzene ring substituents is 1. The van der Waals surface area contributed by atoms with E-state index < -0.39 is 34.0 Å². The number of nitrogens with one attached hydrogen (secondary N) is 1. The van der Waals surface area contributed by atoms with Crippen LogP contribution in [0.3, 0.4) is 0 Å². The van der Waals surface area contributed by atoms with Crippen molar-refractivity contribution in [3.63, 3.8) is 0 Å². The molecule has 1 atom stereocenters. The van der Waals surface area contributed by atoms with Crippen LogP contribution >= 0.6 is 0 Å². The molecule has 11 nitrogen and oxygen atoms in total. The Bertz CT molecular complexity index is 1160. The third-order valence-corrected chi connectivity index (χ3v) is 4.47. The van der Waals surface area contributed by atoms with Crippen LogP contribution in [0, 0.1) is 10.1 Å². The van der Waals surface area contributed by atoms with Gasteiger partial charge in [-0.05, 0) is 5.56 Å². The number of aromatic hydroxyl groups is 1. The lowest BCUT2D eigenvalue weighted by Gasteiger charge is -2.20.